The van der Waals surface area contributed by atoms with E-state index in [1.54, 1.807) is 16.9 Å². The SMILES string of the molecule is Cc1cccc(C)c1-c1cc(Oc2cnc(N3CCN(C)CC3)c(F)c2)nc(NSc2cnn(C)c2)n1. The summed E-state index contributed by atoms with van der Waals surface area (Å²) in [5.74, 6) is 0.848. The second kappa shape index (κ2) is 10.7. The van der Waals surface area contributed by atoms with Gasteiger partial charge < -0.3 is 14.5 Å². The Morgan fingerprint density at radius 2 is 1.76 bits per heavy atom. The molecule has 1 saturated heterocycles. The van der Waals surface area contributed by atoms with Crippen LogP contribution in [0.1, 0.15) is 11.1 Å². The Morgan fingerprint density at radius 1 is 1.00 bits per heavy atom. The van der Waals surface area contributed by atoms with Crippen LogP contribution >= 0.6 is 11.9 Å². The van der Waals surface area contributed by atoms with E-state index in [1.165, 1.54) is 24.2 Å². The van der Waals surface area contributed by atoms with Crippen LogP contribution in [-0.4, -0.2) is 62.9 Å². The maximum Gasteiger partial charge on any atom is 0.237 e. The lowest BCUT2D eigenvalue weighted by Crippen LogP contribution is -2.45. The van der Waals surface area contributed by atoms with Crippen LogP contribution in [0, 0.1) is 19.7 Å². The highest BCUT2D eigenvalue weighted by atomic mass is 32.2. The van der Waals surface area contributed by atoms with E-state index in [2.05, 4.69) is 31.7 Å². The molecule has 9 nitrogen and oxygen atoms in total. The molecule has 3 aromatic heterocycles. The molecule has 0 spiro atoms. The van der Waals surface area contributed by atoms with Crippen molar-refractivity contribution in [1.82, 2.24) is 29.6 Å². The summed E-state index contributed by atoms with van der Waals surface area (Å²) >= 11 is 1.35. The van der Waals surface area contributed by atoms with E-state index >= 15 is 4.39 Å². The second-order valence-electron chi connectivity index (χ2n) is 9.10. The molecular weight excluding hydrogens is 491 g/mol. The predicted octanol–water partition coefficient (Wildman–Crippen LogP) is 4.69. The largest absolute Gasteiger partial charge is 0.437 e. The summed E-state index contributed by atoms with van der Waals surface area (Å²) in [7, 11) is 3.92. The minimum atomic E-state index is -0.420. The number of nitrogens with one attached hydrogen (secondary N) is 1. The van der Waals surface area contributed by atoms with Gasteiger partial charge in [-0.2, -0.15) is 10.1 Å². The third kappa shape index (κ3) is 5.83. The first kappa shape index (κ1) is 25.0. The molecule has 37 heavy (non-hydrogen) atoms. The molecule has 1 fully saturated rings. The fourth-order valence-corrected chi connectivity index (χ4v) is 4.87. The van der Waals surface area contributed by atoms with Gasteiger partial charge in [-0.15, -0.1) is 0 Å². The molecule has 4 heterocycles. The third-order valence-electron chi connectivity index (χ3n) is 6.20. The summed E-state index contributed by atoms with van der Waals surface area (Å²) in [4.78, 5) is 18.7. The first-order valence-electron chi connectivity index (χ1n) is 12.0. The average Bonchev–Trinajstić information content (AvgIpc) is 3.28. The topological polar surface area (TPSA) is 84.2 Å². The van der Waals surface area contributed by atoms with Gasteiger partial charge in [0.25, 0.3) is 0 Å². The van der Waals surface area contributed by atoms with Crippen molar-refractivity contribution in [3.05, 3.63) is 65.9 Å². The molecule has 0 amide bonds. The summed E-state index contributed by atoms with van der Waals surface area (Å²) in [6.45, 7) is 7.28. The van der Waals surface area contributed by atoms with Gasteiger partial charge in [-0.25, -0.2) is 14.4 Å². The summed E-state index contributed by atoms with van der Waals surface area (Å²) in [6.07, 6.45) is 5.18. The lowest BCUT2D eigenvalue weighted by molar-refractivity contribution is 0.310. The molecule has 0 saturated carbocycles. The number of halogens is 1. The number of ether oxygens (including phenoxy) is 1. The first-order chi connectivity index (χ1) is 17.9. The fourth-order valence-electron chi connectivity index (χ4n) is 4.27. The van der Waals surface area contributed by atoms with Crippen LogP contribution in [0.2, 0.25) is 0 Å². The summed E-state index contributed by atoms with van der Waals surface area (Å²) < 4.78 is 25.9. The molecule has 5 rings (SSSR count). The fraction of sp³-hybridized carbons (Fsp3) is 0.308. The molecule has 0 atom stereocenters. The van der Waals surface area contributed by atoms with Gasteiger partial charge in [-0.1, -0.05) is 18.2 Å². The molecular formula is C26H29FN8OS. The minimum absolute atomic E-state index is 0.271. The van der Waals surface area contributed by atoms with Crippen molar-refractivity contribution in [2.75, 3.05) is 42.8 Å². The number of likely N-dealkylation sites (N-methyl/N-ethyl adjacent to an activating group) is 1. The molecule has 0 radical (unpaired) electrons. The predicted molar refractivity (Wildman–Crippen MR) is 144 cm³/mol. The van der Waals surface area contributed by atoms with Crippen LogP contribution in [-0.2, 0) is 7.05 Å². The Hall–Kier alpha value is -3.70. The number of piperazine rings is 1. The molecule has 0 aliphatic carbocycles. The number of aryl methyl sites for hydroxylation is 3. The van der Waals surface area contributed by atoms with Gasteiger partial charge in [-0.3, -0.25) is 9.40 Å². The molecule has 1 aliphatic rings. The van der Waals surface area contributed by atoms with E-state index in [0.29, 0.717) is 17.5 Å². The molecule has 0 unspecified atom stereocenters. The number of hydrogen-bond donors (Lipinski definition) is 1. The van der Waals surface area contributed by atoms with E-state index in [0.717, 1.165) is 47.8 Å². The molecule has 11 heteroatoms. The van der Waals surface area contributed by atoms with Crippen LogP contribution < -0.4 is 14.4 Å². The van der Waals surface area contributed by atoms with Gasteiger partial charge in [0.2, 0.25) is 11.8 Å². The van der Waals surface area contributed by atoms with E-state index in [-0.39, 0.29) is 11.6 Å². The quantitative estimate of drug-likeness (QED) is 0.349. The van der Waals surface area contributed by atoms with Crippen molar-refractivity contribution in [2.45, 2.75) is 18.7 Å². The summed E-state index contributed by atoms with van der Waals surface area (Å²) in [6, 6.07) is 9.22. The number of benzene rings is 1. The van der Waals surface area contributed by atoms with Crippen LogP contribution in [0.15, 0.2) is 53.8 Å². The minimum Gasteiger partial charge on any atom is -0.437 e. The average molecular weight is 521 g/mol. The number of aromatic nitrogens is 5. The van der Waals surface area contributed by atoms with E-state index < -0.39 is 5.82 Å². The Balaban J connectivity index is 1.43. The zero-order chi connectivity index (χ0) is 25.9. The molecule has 0 bridgehead atoms. The lowest BCUT2D eigenvalue weighted by Gasteiger charge is -2.33. The van der Waals surface area contributed by atoms with Crippen molar-refractivity contribution in [1.29, 1.82) is 0 Å². The van der Waals surface area contributed by atoms with Crippen molar-refractivity contribution in [3.63, 3.8) is 0 Å². The van der Waals surface area contributed by atoms with Gasteiger partial charge in [0.05, 0.1) is 23.0 Å². The molecule has 1 aromatic carbocycles. The van der Waals surface area contributed by atoms with Crippen molar-refractivity contribution in [3.8, 4) is 22.9 Å². The van der Waals surface area contributed by atoms with Crippen LogP contribution in [0.4, 0.5) is 16.2 Å². The Morgan fingerprint density at radius 3 is 2.43 bits per heavy atom. The van der Waals surface area contributed by atoms with Crippen LogP contribution in [0.3, 0.4) is 0 Å². The van der Waals surface area contributed by atoms with E-state index in [9.17, 15) is 0 Å². The van der Waals surface area contributed by atoms with Gasteiger partial charge in [0, 0.05) is 57.1 Å². The second-order valence-corrected chi connectivity index (χ2v) is 9.98. The standard InChI is InChI=1S/C26H29FN8OS/c1-17-6-5-7-18(2)24(17)22-13-23(31-26(30-22)32-37-20-15-29-34(4)16-20)36-19-12-21(27)25(28-14-19)35-10-8-33(3)9-11-35/h5-7,12-16H,8-11H2,1-4H3,(H,30,31,32). The highest BCUT2D eigenvalue weighted by Gasteiger charge is 2.20. The molecule has 1 aliphatic heterocycles. The zero-order valence-electron chi connectivity index (χ0n) is 21.3. The highest BCUT2D eigenvalue weighted by Crippen LogP contribution is 2.32. The number of rotatable bonds is 7. The monoisotopic (exact) mass is 520 g/mol. The highest BCUT2D eigenvalue weighted by molar-refractivity contribution is 8.00. The Kier molecular flexibility index (Phi) is 7.24. The molecule has 1 N–H and O–H groups in total. The van der Waals surface area contributed by atoms with Gasteiger partial charge >= 0.3 is 0 Å². The maximum absolute atomic E-state index is 15.0. The van der Waals surface area contributed by atoms with Crippen molar-refractivity contribution < 1.29 is 9.13 Å². The summed E-state index contributed by atoms with van der Waals surface area (Å²) in [5.41, 5.74) is 3.87. The van der Waals surface area contributed by atoms with E-state index in [1.807, 2.05) is 50.2 Å². The molecule has 192 valence electrons. The van der Waals surface area contributed by atoms with Crippen LogP contribution in [0.5, 0.6) is 11.6 Å². The first-order valence-corrected chi connectivity index (χ1v) is 12.8. The van der Waals surface area contributed by atoms with Gasteiger partial charge in [0.1, 0.15) is 0 Å². The van der Waals surface area contributed by atoms with Crippen molar-refractivity contribution in [2.24, 2.45) is 7.05 Å². The van der Waals surface area contributed by atoms with Gasteiger partial charge in [0.15, 0.2) is 17.4 Å². The lowest BCUT2D eigenvalue weighted by atomic mass is 10.00. The number of hydrogen-bond acceptors (Lipinski definition) is 9. The van der Waals surface area contributed by atoms with Crippen LogP contribution in [0.25, 0.3) is 11.3 Å². The molecule has 4 aromatic rings. The normalized spacial score (nSPS) is 14.1. The summed E-state index contributed by atoms with van der Waals surface area (Å²) in [5, 5.41) is 4.19. The Labute approximate surface area is 219 Å². The number of nitrogens with zero attached hydrogens (tertiary/aromatic N) is 7. The Bertz CT molecular complexity index is 1380. The van der Waals surface area contributed by atoms with Crippen molar-refractivity contribution >= 4 is 23.7 Å². The third-order valence-corrected chi connectivity index (χ3v) is 6.93. The number of pyridine rings is 1. The van der Waals surface area contributed by atoms with E-state index in [4.69, 9.17) is 9.72 Å². The maximum atomic E-state index is 15.0. The van der Waals surface area contributed by atoms with Gasteiger partial charge in [-0.05, 0) is 44.0 Å². The number of anilines is 2. The smallest absolute Gasteiger partial charge is 0.237 e. The zero-order valence-corrected chi connectivity index (χ0v) is 22.1.